The number of para-hydroxylation sites is 1. The summed E-state index contributed by atoms with van der Waals surface area (Å²) in [5.41, 5.74) is 0.115. The van der Waals surface area contributed by atoms with Gasteiger partial charge in [0.25, 0.3) is 5.91 Å². The molecule has 1 aromatic carbocycles. The number of piperidine rings is 1. The van der Waals surface area contributed by atoms with E-state index in [1.807, 2.05) is 4.90 Å². The van der Waals surface area contributed by atoms with Crippen molar-refractivity contribution in [1.29, 1.82) is 0 Å². The van der Waals surface area contributed by atoms with E-state index in [1.54, 1.807) is 17.0 Å². The highest BCUT2D eigenvalue weighted by atomic mass is 19.3. The van der Waals surface area contributed by atoms with Crippen molar-refractivity contribution in [2.75, 3.05) is 39.3 Å². The lowest BCUT2D eigenvalue weighted by Crippen LogP contribution is -2.50. The molecule has 0 spiro atoms. The molecule has 2 amide bonds. The number of hydrogen-bond acceptors (Lipinski definition) is 4. The maximum Gasteiger partial charge on any atom is 0.387 e. The molecule has 0 N–H and O–H groups in total. The predicted octanol–water partition coefficient (Wildman–Crippen LogP) is 3.23. The average Bonchev–Trinajstić information content (AvgIpc) is 3.45. The van der Waals surface area contributed by atoms with E-state index < -0.39 is 6.61 Å². The van der Waals surface area contributed by atoms with Crippen LogP contribution in [0.15, 0.2) is 24.3 Å². The molecule has 0 bridgehead atoms. The van der Waals surface area contributed by atoms with Gasteiger partial charge in [-0.15, -0.1) is 0 Å². The monoisotopic (exact) mass is 435 g/mol. The summed E-state index contributed by atoms with van der Waals surface area (Å²) in [4.78, 5) is 32.5. The van der Waals surface area contributed by atoms with Crippen molar-refractivity contribution in [2.45, 2.75) is 51.2 Å². The molecule has 4 rings (SSSR count). The third-order valence-corrected chi connectivity index (χ3v) is 6.72. The van der Waals surface area contributed by atoms with Gasteiger partial charge in [-0.1, -0.05) is 12.1 Å². The first-order valence-electron chi connectivity index (χ1n) is 11.4. The number of halogens is 2. The maximum absolute atomic E-state index is 13.3. The summed E-state index contributed by atoms with van der Waals surface area (Å²) < 4.78 is 30.0. The van der Waals surface area contributed by atoms with Crippen molar-refractivity contribution >= 4 is 11.8 Å². The maximum atomic E-state index is 13.3. The zero-order chi connectivity index (χ0) is 21.8. The largest absolute Gasteiger partial charge is 0.434 e. The zero-order valence-electron chi connectivity index (χ0n) is 17.8. The number of hydrogen-bond donors (Lipinski definition) is 0. The minimum absolute atomic E-state index is 0.115. The fourth-order valence-corrected chi connectivity index (χ4v) is 5.19. The van der Waals surface area contributed by atoms with Gasteiger partial charge >= 0.3 is 6.61 Å². The van der Waals surface area contributed by atoms with Crippen LogP contribution in [0, 0.1) is 5.92 Å². The van der Waals surface area contributed by atoms with Crippen molar-refractivity contribution < 1.29 is 23.1 Å². The summed E-state index contributed by atoms with van der Waals surface area (Å²) in [5, 5.41) is 0. The Bertz CT molecular complexity index is 785. The van der Waals surface area contributed by atoms with Crippen molar-refractivity contribution in [1.82, 2.24) is 14.7 Å². The molecule has 6 nitrogen and oxygen atoms in total. The summed E-state index contributed by atoms with van der Waals surface area (Å²) in [6, 6.07) is 6.32. The normalized spacial score (nSPS) is 24.7. The molecular formula is C23H31F2N3O3. The van der Waals surface area contributed by atoms with Crippen LogP contribution >= 0.6 is 0 Å². The van der Waals surface area contributed by atoms with Crippen molar-refractivity contribution in [3.63, 3.8) is 0 Å². The number of rotatable bonds is 6. The number of likely N-dealkylation sites (tertiary alicyclic amines) is 3. The minimum atomic E-state index is -2.99. The predicted molar refractivity (Wildman–Crippen MR) is 112 cm³/mol. The van der Waals surface area contributed by atoms with E-state index in [1.165, 1.54) is 25.0 Å². The fraction of sp³-hybridized carbons (Fsp3) is 0.652. The number of carbonyl (C=O) groups is 2. The van der Waals surface area contributed by atoms with E-state index >= 15 is 0 Å². The van der Waals surface area contributed by atoms with Gasteiger partial charge in [0.1, 0.15) is 5.75 Å². The lowest BCUT2D eigenvalue weighted by Gasteiger charge is -2.36. The summed E-state index contributed by atoms with van der Waals surface area (Å²) in [6.07, 6.45) is 6.01. The molecule has 0 aromatic heterocycles. The second-order valence-electron chi connectivity index (χ2n) is 8.80. The molecule has 3 aliphatic heterocycles. The molecule has 1 aromatic rings. The summed E-state index contributed by atoms with van der Waals surface area (Å²) in [5.74, 6) is -0.582. The van der Waals surface area contributed by atoms with Gasteiger partial charge in [0.05, 0.1) is 11.5 Å². The van der Waals surface area contributed by atoms with Gasteiger partial charge in [0.15, 0.2) is 0 Å². The SMILES string of the molecule is O=C(c1ccccc1OC(F)F)N1CCCC(C(=O)N2CCCC2CN2CCCC2)C1. The standard InChI is InChI=1S/C23H31F2N3O3/c24-23(25)31-20-10-2-1-9-19(20)22(30)27-13-5-7-17(15-27)21(29)28-14-6-8-18(28)16-26-11-3-4-12-26/h1-2,9-10,17-18,23H,3-8,11-16H2. The molecule has 31 heavy (non-hydrogen) atoms. The molecule has 8 heteroatoms. The molecule has 0 radical (unpaired) electrons. The first kappa shape index (κ1) is 22.0. The van der Waals surface area contributed by atoms with Crippen molar-refractivity contribution in [3.05, 3.63) is 29.8 Å². The van der Waals surface area contributed by atoms with Gasteiger partial charge in [-0.2, -0.15) is 8.78 Å². The first-order chi connectivity index (χ1) is 15.0. The van der Waals surface area contributed by atoms with Crippen LogP contribution in [0.2, 0.25) is 0 Å². The second kappa shape index (κ2) is 9.94. The highest BCUT2D eigenvalue weighted by molar-refractivity contribution is 5.97. The van der Waals surface area contributed by atoms with E-state index in [0.717, 1.165) is 51.9 Å². The summed E-state index contributed by atoms with van der Waals surface area (Å²) in [7, 11) is 0. The van der Waals surface area contributed by atoms with Crippen LogP contribution in [0.25, 0.3) is 0 Å². The molecule has 2 atom stereocenters. The lowest BCUT2D eigenvalue weighted by molar-refractivity contribution is -0.138. The number of benzene rings is 1. The smallest absolute Gasteiger partial charge is 0.387 e. The fourth-order valence-electron chi connectivity index (χ4n) is 5.19. The van der Waals surface area contributed by atoms with Crippen LogP contribution < -0.4 is 4.74 Å². The molecule has 0 aliphatic carbocycles. The first-order valence-corrected chi connectivity index (χ1v) is 11.4. The molecule has 2 unspecified atom stereocenters. The van der Waals surface area contributed by atoms with Crippen LogP contribution in [-0.2, 0) is 4.79 Å². The van der Waals surface area contributed by atoms with Gasteiger partial charge in [-0.3, -0.25) is 9.59 Å². The van der Waals surface area contributed by atoms with Crippen LogP contribution in [0.5, 0.6) is 5.75 Å². The number of ether oxygens (including phenoxy) is 1. The van der Waals surface area contributed by atoms with Gasteiger partial charge in [0.2, 0.25) is 5.91 Å². The van der Waals surface area contributed by atoms with E-state index in [4.69, 9.17) is 0 Å². The van der Waals surface area contributed by atoms with Crippen LogP contribution in [-0.4, -0.2) is 78.4 Å². The second-order valence-corrected chi connectivity index (χ2v) is 8.80. The third kappa shape index (κ3) is 5.17. The number of amides is 2. The molecular weight excluding hydrogens is 404 g/mol. The van der Waals surface area contributed by atoms with E-state index in [2.05, 4.69) is 9.64 Å². The molecule has 170 valence electrons. The Hall–Kier alpha value is -2.22. The Morgan fingerprint density at radius 1 is 1.00 bits per heavy atom. The third-order valence-electron chi connectivity index (χ3n) is 6.72. The van der Waals surface area contributed by atoms with E-state index in [0.29, 0.717) is 13.1 Å². The van der Waals surface area contributed by atoms with Crippen LogP contribution in [0.4, 0.5) is 8.78 Å². The van der Waals surface area contributed by atoms with Gasteiger partial charge in [0, 0.05) is 32.2 Å². The molecule has 0 saturated carbocycles. The summed E-state index contributed by atoms with van der Waals surface area (Å²) >= 11 is 0. The average molecular weight is 436 g/mol. The van der Waals surface area contributed by atoms with Crippen molar-refractivity contribution in [2.24, 2.45) is 5.92 Å². The molecule has 3 aliphatic rings. The Balaban J connectivity index is 1.41. The van der Waals surface area contributed by atoms with Gasteiger partial charge in [-0.05, 0) is 63.7 Å². The summed E-state index contributed by atoms with van der Waals surface area (Å²) in [6.45, 7) is 1.81. The van der Waals surface area contributed by atoms with E-state index in [-0.39, 0.29) is 35.1 Å². The highest BCUT2D eigenvalue weighted by Gasteiger charge is 2.37. The van der Waals surface area contributed by atoms with E-state index in [9.17, 15) is 18.4 Å². The Morgan fingerprint density at radius 2 is 1.74 bits per heavy atom. The van der Waals surface area contributed by atoms with Crippen molar-refractivity contribution in [3.8, 4) is 5.75 Å². The minimum Gasteiger partial charge on any atom is -0.434 e. The molecule has 3 fully saturated rings. The number of nitrogens with zero attached hydrogens (tertiary/aromatic N) is 3. The van der Waals surface area contributed by atoms with Crippen LogP contribution in [0.3, 0.4) is 0 Å². The Labute approximate surface area is 182 Å². The molecule has 3 saturated heterocycles. The Morgan fingerprint density at radius 3 is 2.52 bits per heavy atom. The zero-order valence-corrected chi connectivity index (χ0v) is 17.8. The lowest BCUT2D eigenvalue weighted by atomic mass is 9.95. The number of carbonyl (C=O) groups excluding carboxylic acids is 2. The topological polar surface area (TPSA) is 53.1 Å². The highest BCUT2D eigenvalue weighted by Crippen LogP contribution is 2.28. The quantitative estimate of drug-likeness (QED) is 0.689. The Kier molecular flexibility index (Phi) is 7.05. The number of alkyl halides is 2. The van der Waals surface area contributed by atoms with Crippen LogP contribution in [0.1, 0.15) is 48.9 Å². The van der Waals surface area contributed by atoms with Gasteiger partial charge < -0.3 is 19.4 Å². The van der Waals surface area contributed by atoms with Gasteiger partial charge in [-0.25, -0.2) is 0 Å². The molecule has 3 heterocycles.